The Kier molecular flexibility index (Phi) is 9.50. The molecule has 9 heteroatoms. The van der Waals surface area contributed by atoms with E-state index >= 15 is 0 Å². The van der Waals surface area contributed by atoms with Crippen LogP contribution in [0.3, 0.4) is 0 Å². The van der Waals surface area contributed by atoms with Crippen molar-refractivity contribution in [2.24, 2.45) is 5.92 Å². The molecule has 9 nitrogen and oxygen atoms in total. The minimum atomic E-state index is -0.827. The zero-order chi connectivity index (χ0) is 28.6. The van der Waals surface area contributed by atoms with Crippen LogP contribution in [0.25, 0.3) is 0 Å². The van der Waals surface area contributed by atoms with E-state index in [1.54, 1.807) is 12.1 Å². The average molecular weight is 545 g/mol. The number of anilines is 1. The van der Waals surface area contributed by atoms with Crippen LogP contribution >= 0.6 is 0 Å². The number of carbonyl (C=O) groups excluding carboxylic acids is 2. The lowest BCUT2D eigenvalue weighted by Crippen LogP contribution is -2.48. The summed E-state index contributed by atoms with van der Waals surface area (Å²) in [7, 11) is 1.27. The van der Waals surface area contributed by atoms with Crippen molar-refractivity contribution in [3.05, 3.63) is 106 Å². The third kappa shape index (κ3) is 6.84. The number of esters is 1. The molecule has 1 unspecified atom stereocenters. The van der Waals surface area contributed by atoms with Gasteiger partial charge in [-0.2, -0.15) is 0 Å². The number of benzene rings is 3. The Labute approximate surface area is 234 Å². The van der Waals surface area contributed by atoms with E-state index in [-0.39, 0.29) is 23.2 Å². The number of nitrogens with zero attached hydrogens (tertiary/aromatic N) is 3. The molecule has 40 heavy (non-hydrogen) atoms. The normalized spacial score (nSPS) is 14.7. The monoisotopic (exact) mass is 544 g/mol. The summed E-state index contributed by atoms with van der Waals surface area (Å²) in [4.78, 5) is 41.1. The summed E-state index contributed by atoms with van der Waals surface area (Å²) in [5, 5.41) is 14.7. The summed E-state index contributed by atoms with van der Waals surface area (Å²) in [6.07, 6.45) is 0.399. The van der Waals surface area contributed by atoms with E-state index in [4.69, 9.17) is 4.74 Å². The highest BCUT2D eigenvalue weighted by atomic mass is 16.6. The second-order valence-corrected chi connectivity index (χ2v) is 10.4. The zero-order valence-corrected chi connectivity index (χ0v) is 23.2. The molecule has 0 aromatic heterocycles. The van der Waals surface area contributed by atoms with E-state index in [0.29, 0.717) is 38.3 Å². The fourth-order valence-corrected chi connectivity index (χ4v) is 5.25. The van der Waals surface area contributed by atoms with Crippen molar-refractivity contribution in [3.63, 3.8) is 0 Å². The summed E-state index contributed by atoms with van der Waals surface area (Å²) in [5.74, 6) is -0.956. The van der Waals surface area contributed by atoms with Gasteiger partial charge in [0.2, 0.25) is 0 Å². The molecule has 210 valence electrons. The van der Waals surface area contributed by atoms with Crippen molar-refractivity contribution < 1.29 is 19.2 Å². The lowest BCUT2D eigenvalue weighted by atomic mass is 9.96. The number of carbonyl (C=O) groups is 2. The Morgan fingerprint density at radius 1 is 0.925 bits per heavy atom. The molecule has 1 fully saturated rings. The van der Waals surface area contributed by atoms with Gasteiger partial charge in [-0.25, -0.2) is 4.79 Å². The molecule has 3 aromatic carbocycles. The van der Waals surface area contributed by atoms with Crippen LogP contribution in [0.1, 0.15) is 47.8 Å². The fraction of sp³-hybridized carbons (Fsp3) is 0.355. The van der Waals surface area contributed by atoms with Gasteiger partial charge in [-0.3, -0.25) is 19.8 Å². The molecule has 0 saturated carbocycles. The summed E-state index contributed by atoms with van der Waals surface area (Å²) < 4.78 is 4.82. The van der Waals surface area contributed by atoms with Gasteiger partial charge in [0, 0.05) is 37.8 Å². The summed E-state index contributed by atoms with van der Waals surface area (Å²) >= 11 is 0. The third-order valence-corrected chi connectivity index (χ3v) is 7.18. The Bertz CT molecular complexity index is 1270. The highest BCUT2D eigenvalue weighted by molar-refractivity contribution is 5.98. The predicted molar refractivity (Wildman–Crippen MR) is 154 cm³/mol. The SMILES string of the molecule is COC(=O)C(CC(C)C)NC(=O)c1ccc(N2CCN(C(c3ccccc3)c3ccccc3)CC2)c([N+](=O)[O-])c1. The van der Waals surface area contributed by atoms with Crippen molar-refractivity contribution in [1.82, 2.24) is 10.2 Å². The topological polar surface area (TPSA) is 105 Å². The zero-order valence-electron chi connectivity index (χ0n) is 23.2. The number of hydrogen-bond donors (Lipinski definition) is 1. The van der Waals surface area contributed by atoms with E-state index < -0.39 is 22.8 Å². The molecule has 3 aromatic rings. The first-order chi connectivity index (χ1) is 19.3. The van der Waals surface area contributed by atoms with Gasteiger partial charge in [-0.1, -0.05) is 74.5 Å². The highest BCUT2D eigenvalue weighted by Crippen LogP contribution is 2.33. The molecule has 0 radical (unpaired) electrons. The maximum Gasteiger partial charge on any atom is 0.328 e. The fourth-order valence-electron chi connectivity index (χ4n) is 5.25. The van der Waals surface area contributed by atoms with Crippen LogP contribution < -0.4 is 10.2 Å². The van der Waals surface area contributed by atoms with E-state index in [0.717, 1.165) is 0 Å². The highest BCUT2D eigenvalue weighted by Gasteiger charge is 2.30. The van der Waals surface area contributed by atoms with Gasteiger partial charge in [0.05, 0.1) is 18.1 Å². The maximum absolute atomic E-state index is 12.9. The van der Waals surface area contributed by atoms with E-state index in [1.807, 2.05) is 55.1 Å². The number of ether oxygens (including phenoxy) is 1. The summed E-state index contributed by atoms with van der Waals surface area (Å²) in [6.45, 7) is 6.49. The quantitative estimate of drug-likeness (QED) is 0.222. The van der Waals surface area contributed by atoms with E-state index in [1.165, 1.54) is 24.3 Å². The molecular formula is C31H36N4O5. The van der Waals surface area contributed by atoms with Gasteiger partial charge in [0.1, 0.15) is 11.7 Å². The number of rotatable bonds is 10. The molecule has 1 heterocycles. The molecule has 1 amide bonds. The van der Waals surface area contributed by atoms with Crippen LogP contribution in [-0.4, -0.2) is 61.0 Å². The van der Waals surface area contributed by atoms with Crippen molar-refractivity contribution in [1.29, 1.82) is 0 Å². The minimum absolute atomic E-state index is 0.0826. The number of nitrogens with one attached hydrogen (secondary N) is 1. The standard InChI is InChI=1S/C31H36N4O5/c1-22(2)20-26(31(37)40-3)32-30(36)25-14-15-27(28(21-25)35(38)39)33-16-18-34(19-17-33)29(23-10-6-4-7-11-23)24-12-8-5-9-13-24/h4-15,21-22,26,29H,16-20H2,1-3H3,(H,32,36). The smallest absolute Gasteiger partial charge is 0.328 e. The molecule has 0 bridgehead atoms. The number of hydrogen-bond acceptors (Lipinski definition) is 7. The number of nitro groups is 1. The number of methoxy groups -OCH3 is 1. The third-order valence-electron chi connectivity index (χ3n) is 7.18. The van der Waals surface area contributed by atoms with Crippen LogP contribution in [0, 0.1) is 16.0 Å². The first kappa shape index (κ1) is 28.8. The number of piperazine rings is 1. The van der Waals surface area contributed by atoms with Crippen LogP contribution in [0.4, 0.5) is 11.4 Å². The Balaban J connectivity index is 1.51. The largest absolute Gasteiger partial charge is 0.467 e. The van der Waals surface area contributed by atoms with Crippen molar-refractivity contribution in [2.75, 3.05) is 38.2 Å². The van der Waals surface area contributed by atoms with Crippen molar-refractivity contribution in [3.8, 4) is 0 Å². The Hall–Kier alpha value is -4.24. The summed E-state index contributed by atoms with van der Waals surface area (Å²) in [5.41, 5.74) is 2.86. The van der Waals surface area contributed by atoms with E-state index in [2.05, 4.69) is 34.5 Å². The van der Waals surface area contributed by atoms with Crippen LogP contribution in [0.5, 0.6) is 0 Å². The molecule has 1 aliphatic rings. The molecule has 1 aliphatic heterocycles. The van der Waals surface area contributed by atoms with Gasteiger partial charge in [0.15, 0.2) is 0 Å². The predicted octanol–water partition coefficient (Wildman–Crippen LogP) is 4.82. The van der Waals surface area contributed by atoms with Crippen molar-refractivity contribution >= 4 is 23.3 Å². The first-order valence-corrected chi connectivity index (χ1v) is 13.5. The molecular weight excluding hydrogens is 508 g/mol. The van der Waals surface area contributed by atoms with Crippen molar-refractivity contribution in [2.45, 2.75) is 32.4 Å². The number of amides is 1. The van der Waals surface area contributed by atoms with Gasteiger partial charge in [-0.05, 0) is 35.6 Å². The average Bonchev–Trinajstić information content (AvgIpc) is 2.97. The first-order valence-electron chi connectivity index (χ1n) is 13.5. The van der Waals surface area contributed by atoms with Crippen LogP contribution in [0.15, 0.2) is 78.9 Å². The lowest BCUT2D eigenvalue weighted by molar-refractivity contribution is -0.384. The Morgan fingerprint density at radius 3 is 2.00 bits per heavy atom. The molecule has 4 rings (SSSR count). The van der Waals surface area contributed by atoms with Crippen LogP contribution in [-0.2, 0) is 9.53 Å². The maximum atomic E-state index is 12.9. The molecule has 0 spiro atoms. The molecule has 1 saturated heterocycles. The van der Waals surface area contributed by atoms with Crippen LogP contribution in [0.2, 0.25) is 0 Å². The molecule has 0 aliphatic carbocycles. The summed E-state index contributed by atoms with van der Waals surface area (Å²) in [6, 6.07) is 24.4. The number of nitro benzene ring substituents is 1. The van der Waals surface area contributed by atoms with Gasteiger partial charge in [0.25, 0.3) is 11.6 Å². The van der Waals surface area contributed by atoms with E-state index in [9.17, 15) is 19.7 Å². The Morgan fingerprint density at radius 2 is 1.50 bits per heavy atom. The molecule has 1 N–H and O–H groups in total. The van der Waals surface area contributed by atoms with Gasteiger partial charge >= 0.3 is 5.97 Å². The van der Waals surface area contributed by atoms with Gasteiger partial charge < -0.3 is 15.0 Å². The second kappa shape index (κ2) is 13.2. The lowest BCUT2D eigenvalue weighted by Gasteiger charge is -2.40. The second-order valence-electron chi connectivity index (χ2n) is 10.4. The molecule has 1 atom stereocenters. The minimum Gasteiger partial charge on any atom is -0.467 e. The van der Waals surface area contributed by atoms with Gasteiger partial charge in [-0.15, -0.1) is 0 Å².